The van der Waals surface area contributed by atoms with Gasteiger partial charge in [-0.2, -0.15) is 0 Å². The molecule has 5 heteroatoms. The van der Waals surface area contributed by atoms with Crippen molar-refractivity contribution in [2.24, 2.45) is 11.1 Å². The van der Waals surface area contributed by atoms with E-state index in [1.54, 1.807) is 20.8 Å². The molecule has 0 bridgehead atoms. The van der Waals surface area contributed by atoms with Gasteiger partial charge in [-0.1, -0.05) is 20.8 Å². The molecular weight excluding hydrogens is 208 g/mol. The van der Waals surface area contributed by atoms with Crippen molar-refractivity contribution in [3.05, 3.63) is 0 Å². The first-order chi connectivity index (χ1) is 7.29. The van der Waals surface area contributed by atoms with Crippen molar-refractivity contribution in [3.63, 3.8) is 0 Å². The third kappa shape index (κ3) is 2.29. The minimum atomic E-state index is -0.803. The van der Waals surface area contributed by atoms with Crippen LogP contribution in [0, 0.1) is 5.41 Å². The quantitative estimate of drug-likeness (QED) is 0.691. The van der Waals surface area contributed by atoms with E-state index in [0.717, 1.165) is 4.90 Å². The first kappa shape index (κ1) is 12.8. The predicted molar refractivity (Wildman–Crippen MR) is 58.4 cm³/mol. The Balaban J connectivity index is 2.94. The lowest BCUT2D eigenvalue weighted by atomic mass is 9.86. The van der Waals surface area contributed by atoms with Gasteiger partial charge in [0.1, 0.15) is 6.04 Å². The lowest BCUT2D eigenvalue weighted by Crippen LogP contribution is -2.52. The summed E-state index contributed by atoms with van der Waals surface area (Å²) in [5.74, 6) is -0.755. The Hall–Kier alpha value is -1.23. The largest absolute Gasteiger partial charge is 0.328 e. The van der Waals surface area contributed by atoms with Gasteiger partial charge in [0, 0.05) is 24.8 Å². The zero-order valence-electron chi connectivity index (χ0n) is 9.95. The highest BCUT2D eigenvalue weighted by molar-refractivity contribution is 6.06. The standard InChI is InChI=1S/C11H18N2O3/c1-11(2,3)10(16)7(6-12)13-8(14)4-5-9(13)15/h7H,4-6,12H2,1-3H3. The molecule has 2 amide bonds. The number of hydrogen-bond acceptors (Lipinski definition) is 4. The van der Waals surface area contributed by atoms with Crippen LogP contribution in [0.25, 0.3) is 0 Å². The van der Waals surface area contributed by atoms with E-state index in [-0.39, 0.29) is 37.0 Å². The van der Waals surface area contributed by atoms with Gasteiger partial charge in [-0.3, -0.25) is 19.3 Å². The second kappa shape index (κ2) is 4.33. The number of likely N-dealkylation sites (tertiary alicyclic amines) is 1. The molecule has 1 aliphatic rings. The number of carbonyl (C=O) groups excluding carboxylic acids is 3. The predicted octanol–water partition coefficient (Wildman–Crippen LogP) is 0.0779. The maximum absolute atomic E-state index is 12.0. The summed E-state index contributed by atoms with van der Waals surface area (Å²) in [7, 11) is 0. The number of hydrogen-bond donors (Lipinski definition) is 1. The van der Waals surface area contributed by atoms with Crippen LogP contribution in [0.15, 0.2) is 0 Å². The molecule has 1 aliphatic heterocycles. The molecule has 0 spiro atoms. The average molecular weight is 226 g/mol. The number of Topliss-reactive ketones (excluding diaryl/α,β-unsaturated/α-hetero) is 1. The zero-order valence-corrected chi connectivity index (χ0v) is 9.95. The molecule has 0 aliphatic carbocycles. The van der Waals surface area contributed by atoms with E-state index in [0.29, 0.717) is 0 Å². The van der Waals surface area contributed by atoms with E-state index in [1.165, 1.54) is 0 Å². The molecular formula is C11H18N2O3. The number of carbonyl (C=O) groups is 3. The maximum atomic E-state index is 12.0. The Bertz CT molecular complexity index is 315. The Labute approximate surface area is 95.0 Å². The van der Waals surface area contributed by atoms with E-state index in [4.69, 9.17) is 5.73 Å². The molecule has 1 unspecified atom stereocenters. The molecule has 1 fully saturated rings. The van der Waals surface area contributed by atoms with Gasteiger partial charge in [-0.25, -0.2) is 0 Å². The van der Waals surface area contributed by atoms with Gasteiger partial charge in [0.05, 0.1) is 0 Å². The average Bonchev–Trinajstić information content (AvgIpc) is 2.49. The molecule has 2 N–H and O–H groups in total. The fourth-order valence-corrected chi connectivity index (χ4v) is 1.77. The third-order valence-electron chi connectivity index (χ3n) is 2.67. The first-order valence-corrected chi connectivity index (χ1v) is 5.38. The number of amides is 2. The molecule has 1 saturated heterocycles. The van der Waals surface area contributed by atoms with Gasteiger partial charge in [-0.15, -0.1) is 0 Å². The molecule has 0 aromatic rings. The summed E-state index contributed by atoms with van der Waals surface area (Å²) in [5.41, 5.74) is 4.90. The Morgan fingerprint density at radius 2 is 1.75 bits per heavy atom. The zero-order chi connectivity index (χ0) is 12.5. The van der Waals surface area contributed by atoms with E-state index < -0.39 is 11.5 Å². The molecule has 5 nitrogen and oxygen atoms in total. The van der Waals surface area contributed by atoms with Crippen LogP contribution in [0.3, 0.4) is 0 Å². The lowest BCUT2D eigenvalue weighted by Gasteiger charge is -2.29. The topological polar surface area (TPSA) is 80.5 Å². The van der Waals surface area contributed by atoms with Gasteiger partial charge in [0.25, 0.3) is 0 Å². The van der Waals surface area contributed by atoms with Crippen molar-refractivity contribution in [1.82, 2.24) is 4.90 Å². The van der Waals surface area contributed by atoms with Crippen LogP contribution in [0.2, 0.25) is 0 Å². The van der Waals surface area contributed by atoms with Gasteiger partial charge in [0.15, 0.2) is 5.78 Å². The molecule has 1 rings (SSSR count). The van der Waals surface area contributed by atoms with E-state index >= 15 is 0 Å². The highest BCUT2D eigenvalue weighted by Crippen LogP contribution is 2.23. The first-order valence-electron chi connectivity index (χ1n) is 5.38. The van der Waals surface area contributed by atoms with Crippen LogP contribution >= 0.6 is 0 Å². The van der Waals surface area contributed by atoms with Crippen molar-refractivity contribution < 1.29 is 14.4 Å². The van der Waals surface area contributed by atoms with E-state index in [2.05, 4.69) is 0 Å². The summed E-state index contributed by atoms with van der Waals surface area (Å²) >= 11 is 0. The summed E-state index contributed by atoms with van der Waals surface area (Å²) in [4.78, 5) is 36.1. The Morgan fingerprint density at radius 3 is 2.06 bits per heavy atom. The third-order valence-corrected chi connectivity index (χ3v) is 2.67. The monoisotopic (exact) mass is 226 g/mol. The number of ketones is 1. The lowest BCUT2D eigenvalue weighted by molar-refractivity contribution is -0.148. The SMILES string of the molecule is CC(C)(C)C(=O)C(CN)N1C(=O)CCC1=O. The van der Waals surface area contributed by atoms with Crippen molar-refractivity contribution in [2.75, 3.05) is 6.54 Å². The minimum absolute atomic E-state index is 0.00637. The fraction of sp³-hybridized carbons (Fsp3) is 0.727. The van der Waals surface area contributed by atoms with Crippen LogP contribution < -0.4 is 5.73 Å². The van der Waals surface area contributed by atoms with Gasteiger partial charge < -0.3 is 5.73 Å². The van der Waals surface area contributed by atoms with Crippen molar-refractivity contribution in [1.29, 1.82) is 0 Å². The maximum Gasteiger partial charge on any atom is 0.230 e. The normalized spacial score (nSPS) is 19.1. The summed E-state index contributed by atoms with van der Waals surface area (Å²) < 4.78 is 0. The van der Waals surface area contributed by atoms with Gasteiger partial charge in [-0.05, 0) is 0 Å². The Morgan fingerprint density at radius 1 is 1.31 bits per heavy atom. The van der Waals surface area contributed by atoms with E-state index in [1.807, 2.05) is 0 Å². The van der Waals surface area contributed by atoms with Crippen LogP contribution in [0.4, 0.5) is 0 Å². The summed E-state index contributed by atoms with van der Waals surface area (Å²) in [6.45, 7) is 5.25. The number of imide groups is 1. The summed E-state index contributed by atoms with van der Waals surface area (Å²) in [6.07, 6.45) is 0.375. The summed E-state index contributed by atoms with van der Waals surface area (Å²) in [5, 5.41) is 0. The van der Waals surface area contributed by atoms with Crippen molar-refractivity contribution in [3.8, 4) is 0 Å². The smallest absolute Gasteiger partial charge is 0.230 e. The minimum Gasteiger partial charge on any atom is -0.328 e. The summed E-state index contributed by atoms with van der Waals surface area (Å²) in [6, 6.07) is -0.803. The molecule has 0 aromatic heterocycles. The number of rotatable bonds is 3. The number of nitrogens with two attached hydrogens (primary N) is 1. The van der Waals surface area contributed by atoms with E-state index in [9.17, 15) is 14.4 Å². The second-order valence-corrected chi connectivity index (χ2v) is 5.02. The highest BCUT2D eigenvalue weighted by Gasteiger charge is 2.41. The number of nitrogens with zero attached hydrogens (tertiary/aromatic N) is 1. The molecule has 0 aromatic carbocycles. The van der Waals surface area contributed by atoms with Crippen molar-refractivity contribution >= 4 is 17.6 Å². The molecule has 0 saturated carbocycles. The second-order valence-electron chi connectivity index (χ2n) is 5.02. The van der Waals surface area contributed by atoms with Crippen LogP contribution in [0.5, 0.6) is 0 Å². The molecule has 0 radical (unpaired) electrons. The molecule has 90 valence electrons. The fourth-order valence-electron chi connectivity index (χ4n) is 1.77. The van der Waals surface area contributed by atoms with Gasteiger partial charge >= 0.3 is 0 Å². The van der Waals surface area contributed by atoms with Crippen LogP contribution in [0.1, 0.15) is 33.6 Å². The highest BCUT2D eigenvalue weighted by atomic mass is 16.2. The molecule has 16 heavy (non-hydrogen) atoms. The van der Waals surface area contributed by atoms with Crippen LogP contribution in [-0.2, 0) is 14.4 Å². The van der Waals surface area contributed by atoms with Gasteiger partial charge in [0.2, 0.25) is 11.8 Å². The molecule has 1 atom stereocenters. The van der Waals surface area contributed by atoms with Crippen LogP contribution in [-0.4, -0.2) is 35.1 Å². The van der Waals surface area contributed by atoms with Crippen molar-refractivity contribution in [2.45, 2.75) is 39.7 Å². The Kier molecular flexibility index (Phi) is 3.48. The molecule has 1 heterocycles.